The minimum Gasteiger partial charge on any atom is -0.394 e. The van der Waals surface area contributed by atoms with Gasteiger partial charge in [0.15, 0.2) is 0 Å². The predicted molar refractivity (Wildman–Crippen MR) is 77.7 cm³/mol. The van der Waals surface area contributed by atoms with E-state index in [0.29, 0.717) is 6.04 Å². The van der Waals surface area contributed by atoms with Crippen molar-refractivity contribution in [3.63, 3.8) is 0 Å². The van der Waals surface area contributed by atoms with Crippen molar-refractivity contribution in [1.29, 1.82) is 0 Å². The summed E-state index contributed by atoms with van der Waals surface area (Å²) >= 11 is 2.07. The fraction of sp³-hybridized carbons (Fsp3) is 1.00. The van der Waals surface area contributed by atoms with Gasteiger partial charge in [-0.25, -0.2) is 0 Å². The molecule has 3 heteroatoms. The highest BCUT2D eigenvalue weighted by Crippen LogP contribution is 2.28. The minimum atomic E-state index is -0.100. The van der Waals surface area contributed by atoms with E-state index in [0.717, 1.165) is 18.1 Å². The Morgan fingerprint density at radius 3 is 2.53 bits per heavy atom. The molecule has 0 amide bonds. The van der Waals surface area contributed by atoms with Gasteiger partial charge in [-0.15, -0.1) is 0 Å². The number of nitrogens with one attached hydrogen (secondary N) is 1. The highest BCUT2D eigenvalue weighted by Gasteiger charge is 2.23. The van der Waals surface area contributed by atoms with Crippen LogP contribution in [0.3, 0.4) is 0 Å². The summed E-state index contributed by atoms with van der Waals surface area (Å²) in [6.45, 7) is 6.64. The van der Waals surface area contributed by atoms with Gasteiger partial charge in [0.2, 0.25) is 0 Å². The Kier molecular flexibility index (Phi) is 6.90. The lowest BCUT2D eigenvalue weighted by atomic mass is 9.99. The standard InChI is InChI=1S/C14H29NOS/c1-12(2)15-14(3,11-16)8-9-17-10-13-6-4-5-7-13/h12-13,15-16H,4-11H2,1-3H3. The predicted octanol–water partition coefficient (Wildman–Crippen LogP) is 3.05. The molecule has 1 atom stereocenters. The van der Waals surface area contributed by atoms with Gasteiger partial charge in [0.05, 0.1) is 6.61 Å². The van der Waals surface area contributed by atoms with Crippen molar-refractivity contribution in [2.75, 3.05) is 18.1 Å². The van der Waals surface area contributed by atoms with Crippen LogP contribution in [0.15, 0.2) is 0 Å². The van der Waals surface area contributed by atoms with Gasteiger partial charge in [-0.3, -0.25) is 0 Å². The first-order valence-corrected chi connectivity index (χ1v) is 8.17. The molecular weight excluding hydrogens is 230 g/mol. The molecule has 0 aromatic rings. The van der Waals surface area contributed by atoms with Gasteiger partial charge in [-0.05, 0) is 43.6 Å². The van der Waals surface area contributed by atoms with Crippen LogP contribution < -0.4 is 5.32 Å². The summed E-state index contributed by atoms with van der Waals surface area (Å²) in [4.78, 5) is 0. The molecule has 0 radical (unpaired) electrons. The first-order chi connectivity index (χ1) is 8.06. The Morgan fingerprint density at radius 2 is 2.00 bits per heavy atom. The van der Waals surface area contributed by atoms with Crippen molar-refractivity contribution in [2.45, 2.75) is 64.5 Å². The fourth-order valence-corrected chi connectivity index (χ4v) is 4.05. The Balaban J connectivity index is 2.13. The minimum absolute atomic E-state index is 0.100. The van der Waals surface area contributed by atoms with E-state index in [9.17, 15) is 5.11 Å². The van der Waals surface area contributed by atoms with Crippen LogP contribution in [-0.2, 0) is 0 Å². The first-order valence-electron chi connectivity index (χ1n) is 7.02. The molecular formula is C14H29NOS. The highest BCUT2D eigenvalue weighted by atomic mass is 32.2. The van der Waals surface area contributed by atoms with Crippen LogP contribution in [0.25, 0.3) is 0 Å². The number of aliphatic hydroxyl groups is 1. The molecule has 0 spiro atoms. The van der Waals surface area contributed by atoms with E-state index >= 15 is 0 Å². The molecule has 0 saturated heterocycles. The van der Waals surface area contributed by atoms with Gasteiger partial charge in [0.1, 0.15) is 0 Å². The molecule has 1 fully saturated rings. The number of thioether (sulfide) groups is 1. The zero-order valence-electron chi connectivity index (χ0n) is 11.7. The molecule has 0 aromatic heterocycles. The van der Waals surface area contributed by atoms with E-state index in [4.69, 9.17) is 0 Å². The third kappa shape index (κ3) is 6.12. The molecule has 0 aliphatic heterocycles. The molecule has 0 bridgehead atoms. The van der Waals surface area contributed by atoms with Crippen molar-refractivity contribution >= 4 is 11.8 Å². The van der Waals surface area contributed by atoms with E-state index in [1.165, 1.54) is 31.4 Å². The fourth-order valence-electron chi connectivity index (χ4n) is 2.62. The second-order valence-electron chi connectivity index (χ2n) is 5.99. The smallest absolute Gasteiger partial charge is 0.0610 e. The maximum absolute atomic E-state index is 9.47. The summed E-state index contributed by atoms with van der Waals surface area (Å²) in [5.41, 5.74) is -0.100. The lowest BCUT2D eigenvalue weighted by Gasteiger charge is -2.31. The quantitative estimate of drug-likeness (QED) is 0.657. The average molecular weight is 259 g/mol. The summed E-state index contributed by atoms with van der Waals surface area (Å²) in [5.74, 6) is 3.45. The molecule has 1 unspecified atom stereocenters. The van der Waals surface area contributed by atoms with Crippen LogP contribution in [0.2, 0.25) is 0 Å². The molecule has 0 heterocycles. The maximum Gasteiger partial charge on any atom is 0.0610 e. The summed E-state index contributed by atoms with van der Waals surface area (Å²) in [5, 5.41) is 12.9. The molecule has 102 valence electrons. The van der Waals surface area contributed by atoms with Crippen LogP contribution in [0.5, 0.6) is 0 Å². The maximum atomic E-state index is 9.47. The van der Waals surface area contributed by atoms with E-state index in [1.807, 2.05) is 0 Å². The van der Waals surface area contributed by atoms with Crippen molar-refractivity contribution < 1.29 is 5.11 Å². The van der Waals surface area contributed by atoms with Gasteiger partial charge < -0.3 is 10.4 Å². The van der Waals surface area contributed by atoms with Crippen LogP contribution in [0, 0.1) is 5.92 Å². The number of rotatable bonds is 8. The Bertz CT molecular complexity index is 204. The largest absolute Gasteiger partial charge is 0.394 e. The van der Waals surface area contributed by atoms with E-state index in [-0.39, 0.29) is 12.1 Å². The zero-order valence-corrected chi connectivity index (χ0v) is 12.5. The topological polar surface area (TPSA) is 32.3 Å². The molecule has 2 N–H and O–H groups in total. The van der Waals surface area contributed by atoms with Crippen LogP contribution in [0.4, 0.5) is 0 Å². The van der Waals surface area contributed by atoms with Gasteiger partial charge in [-0.1, -0.05) is 26.7 Å². The van der Waals surface area contributed by atoms with Gasteiger partial charge in [0.25, 0.3) is 0 Å². The molecule has 17 heavy (non-hydrogen) atoms. The Morgan fingerprint density at radius 1 is 1.35 bits per heavy atom. The van der Waals surface area contributed by atoms with Crippen LogP contribution in [-0.4, -0.2) is 34.8 Å². The van der Waals surface area contributed by atoms with Crippen molar-refractivity contribution in [3.8, 4) is 0 Å². The monoisotopic (exact) mass is 259 g/mol. The first kappa shape index (κ1) is 15.3. The Labute approximate surface area is 111 Å². The number of aliphatic hydroxyl groups excluding tert-OH is 1. The summed E-state index contributed by atoms with van der Waals surface area (Å²) in [7, 11) is 0. The van der Waals surface area contributed by atoms with Crippen LogP contribution >= 0.6 is 11.8 Å². The molecule has 1 saturated carbocycles. The third-order valence-corrected chi connectivity index (χ3v) is 4.81. The second-order valence-corrected chi connectivity index (χ2v) is 7.14. The van der Waals surface area contributed by atoms with Crippen LogP contribution in [0.1, 0.15) is 52.9 Å². The van der Waals surface area contributed by atoms with Gasteiger partial charge in [-0.2, -0.15) is 11.8 Å². The number of hydrogen-bond acceptors (Lipinski definition) is 3. The van der Waals surface area contributed by atoms with Gasteiger partial charge >= 0.3 is 0 Å². The summed E-state index contributed by atoms with van der Waals surface area (Å²) in [6.07, 6.45) is 6.81. The molecule has 1 rings (SSSR count). The molecule has 2 nitrogen and oxygen atoms in total. The third-order valence-electron chi connectivity index (χ3n) is 3.61. The summed E-state index contributed by atoms with van der Waals surface area (Å²) < 4.78 is 0. The second kappa shape index (κ2) is 7.65. The Hall–Kier alpha value is 0.270. The van der Waals surface area contributed by atoms with E-state index in [2.05, 4.69) is 37.8 Å². The SMILES string of the molecule is CC(C)NC(C)(CO)CCSCC1CCCC1. The molecule has 1 aliphatic rings. The zero-order chi connectivity index (χ0) is 12.7. The molecule has 1 aliphatic carbocycles. The average Bonchev–Trinajstić information content (AvgIpc) is 2.76. The lowest BCUT2D eigenvalue weighted by Crippen LogP contribution is -2.49. The van der Waals surface area contributed by atoms with Crippen molar-refractivity contribution in [1.82, 2.24) is 5.32 Å². The lowest BCUT2D eigenvalue weighted by molar-refractivity contribution is 0.162. The van der Waals surface area contributed by atoms with Crippen molar-refractivity contribution in [3.05, 3.63) is 0 Å². The van der Waals surface area contributed by atoms with Crippen molar-refractivity contribution in [2.24, 2.45) is 5.92 Å². The number of hydrogen-bond donors (Lipinski definition) is 2. The highest BCUT2D eigenvalue weighted by molar-refractivity contribution is 7.99. The normalized spacial score (nSPS) is 21.0. The van der Waals surface area contributed by atoms with E-state index in [1.54, 1.807) is 0 Å². The van der Waals surface area contributed by atoms with Gasteiger partial charge in [0, 0.05) is 11.6 Å². The van der Waals surface area contributed by atoms with E-state index < -0.39 is 0 Å². The molecule has 0 aromatic carbocycles. The summed E-state index contributed by atoms with van der Waals surface area (Å²) in [6, 6.07) is 0.437.